The summed E-state index contributed by atoms with van der Waals surface area (Å²) < 4.78 is 0. The van der Waals surface area contributed by atoms with Crippen molar-refractivity contribution in [1.29, 1.82) is 0 Å². The van der Waals surface area contributed by atoms with Crippen LogP contribution in [0.4, 0.5) is 0 Å². The highest BCUT2D eigenvalue weighted by Gasteiger charge is 2.32. The van der Waals surface area contributed by atoms with Crippen LogP contribution in [0.5, 0.6) is 0 Å². The van der Waals surface area contributed by atoms with Gasteiger partial charge in [0.15, 0.2) is 0 Å². The highest BCUT2D eigenvalue weighted by molar-refractivity contribution is 4.83. The van der Waals surface area contributed by atoms with Gasteiger partial charge < -0.3 is 5.11 Å². The van der Waals surface area contributed by atoms with Gasteiger partial charge in [0.2, 0.25) is 0 Å². The van der Waals surface area contributed by atoms with Crippen LogP contribution in [0.15, 0.2) is 0 Å². The Kier molecular flexibility index (Phi) is 3.71. The van der Waals surface area contributed by atoms with Crippen LogP contribution in [0, 0.1) is 23.7 Å². The average Bonchev–Trinajstić information content (AvgIpc) is 3.00. The van der Waals surface area contributed by atoms with Gasteiger partial charge in [0.1, 0.15) is 0 Å². The van der Waals surface area contributed by atoms with E-state index in [1.54, 1.807) is 0 Å². The third-order valence-corrected chi connectivity index (χ3v) is 4.57. The highest BCUT2D eigenvalue weighted by atomic mass is 16.3. The highest BCUT2D eigenvalue weighted by Crippen LogP contribution is 2.40. The molecule has 2 aliphatic carbocycles. The van der Waals surface area contributed by atoms with Gasteiger partial charge in [0, 0.05) is 0 Å². The molecular weight excluding hydrogens is 184 g/mol. The lowest BCUT2D eigenvalue weighted by molar-refractivity contribution is 0.0320. The summed E-state index contributed by atoms with van der Waals surface area (Å²) in [6.07, 6.45) is 9.18. The van der Waals surface area contributed by atoms with E-state index in [1.165, 1.54) is 38.5 Å². The molecule has 15 heavy (non-hydrogen) atoms. The van der Waals surface area contributed by atoms with Crippen molar-refractivity contribution in [3.63, 3.8) is 0 Å². The zero-order chi connectivity index (χ0) is 10.8. The Hall–Kier alpha value is -0.0400. The molecule has 0 saturated heterocycles. The Balaban J connectivity index is 1.78. The van der Waals surface area contributed by atoms with Gasteiger partial charge in [0.25, 0.3) is 0 Å². The molecule has 0 heterocycles. The molecule has 88 valence electrons. The van der Waals surface area contributed by atoms with Crippen LogP contribution in [0.25, 0.3) is 0 Å². The SMILES string of the molecule is CC(C)C1CCC(O)C(CCC2CC2)C1. The Morgan fingerprint density at radius 3 is 2.40 bits per heavy atom. The third-order valence-electron chi connectivity index (χ3n) is 4.57. The predicted molar refractivity (Wildman–Crippen MR) is 63.6 cm³/mol. The second-order valence-electron chi connectivity index (χ2n) is 6.17. The zero-order valence-corrected chi connectivity index (χ0v) is 10.3. The summed E-state index contributed by atoms with van der Waals surface area (Å²) in [7, 11) is 0. The summed E-state index contributed by atoms with van der Waals surface area (Å²) >= 11 is 0. The van der Waals surface area contributed by atoms with Gasteiger partial charge >= 0.3 is 0 Å². The molecule has 3 atom stereocenters. The molecule has 0 aliphatic heterocycles. The summed E-state index contributed by atoms with van der Waals surface area (Å²) in [6.45, 7) is 4.67. The van der Waals surface area contributed by atoms with Crippen molar-refractivity contribution in [3.05, 3.63) is 0 Å². The van der Waals surface area contributed by atoms with E-state index < -0.39 is 0 Å². The molecule has 2 aliphatic rings. The fourth-order valence-electron chi connectivity index (χ4n) is 3.06. The van der Waals surface area contributed by atoms with E-state index in [9.17, 15) is 5.11 Å². The first-order valence-electron chi connectivity index (χ1n) is 6.85. The van der Waals surface area contributed by atoms with Gasteiger partial charge in [-0.05, 0) is 49.4 Å². The molecule has 0 radical (unpaired) electrons. The quantitative estimate of drug-likeness (QED) is 0.751. The molecular formula is C14H26O. The van der Waals surface area contributed by atoms with Gasteiger partial charge in [-0.15, -0.1) is 0 Å². The molecule has 3 unspecified atom stereocenters. The van der Waals surface area contributed by atoms with Crippen molar-refractivity contribution in [1.82, 2.24) is 0 Å². The van der Waals surface area contributed by atoms with Gasteiger partial charge in [-0.3, -0.25) is 0 Å². The first kappa shape index (κ1) is 11.4. The Bertz CT molecular complexity index is 196. The Labute approximate surface area is 94.3 Å². The number of hydrogen-bond donors (Lipinski definition) is 1. The third kappa shape index (κ3) is 3.21. The summed E-state index contributed by atoms with van der Waals surface area (Å²) in [5, 5.41) is 10.0. The second-order valence-corrected chi connectivity index (χ2v) is 6.17. The maximum absolute atomic E-state index is 10.0. The standard InChI is InChI=1S/C14H26O/c1-10(2)12-7-8-14(15)13(9-12)6-5-11-3-4-11/h10-15H,3-9H2,1-2H3. The molecule has 1 nitrogen and oxygen atoms in total. The van der Waals surface area contributed by atoms with E-state index in [-0.39, 0.29) is 6.10 Å². The van der Waals surface area contributed by atoms with Gasteiger partial charge in [0.05, 0.1) is 6.10 Å². The Morgan fingerprint density at radius 1 is 1.07 bits per heavy atom. The lowest BCUT2D eigenvalue weighted by Gasteiger charge is -2.35. The summed E-state index contributed by atoms with van der Waals surface area (Å²) in [4.78, 5) is 0. The lowest BCUT2D eigenvalue weighted by Crippen LogP contribution is -2.31. The molecule has 2 fully saturated rings. The van der Waals surface area contributed by atoms with Crippen LogP contribution < -0.4 is 0 Å². The smallest absolute Gasteiger partial charge is 0.0568 e. The van der Waals surface area contributed by atoms with Gasteiger partial charge in [-0.1, -0.05) is 33.1 Å². The lowest BCUT2D eigenvalue weighted by atomic mass is 9.73. The molecule has 1 heteroatoms. The molecule has 0 aromatic heterocycles. The fourth-order valence-corrected chi connectivity index (χ4v) is 3.06. The average molecular weight is 210 g/mol. The van der Waals surface area contributed by atoms with Crippen LogP contribution >= 0.6 is 0 Å². The largest absolute Gasteiger partial charge is 0.393 e. The maximum atomic E-state index is 10.0. The molecule has 2 rings (SSSR count). The minimum absolute atomic E-state index is 0.0127. The number of hydrogen-bond acceptors (Lipinski definition) is 1. The van der Waals surface area contributed by atoms with Crippen molar-refractivity contribution >= 4 is 0 Å². The molecule has 2 saturated carbocycles. The van der Waals surface area contributed by atoms with Crippen molar-refractivity contribution < 1.29 is 5.11 Å². The van der Waals surface area contributed by atoms with E-state index in [4.69, 9.17) is 0 Å². The minimum Gasteiger partial charge on any atom is -0.393 e. The monoisotopic (exact) mass is 210 g/mol. The Morgan fingerprint density at radius 2 is 1.80 bits per heavy atom. The number of aliphatic hydroxyl groups is 1. The van der Waals surface area contributed by atoms with Crippen LogP contribution in [0.2, 0.25) is 0 Å². The van der Waals surface area contributed by atoms with Crippen LogP contribution in [-0.4, -0.2) is 11.2 Å². The second kappa shape index (κ2) is 4.86. The van der Waals surface area contributed by atoms with Crippen molar-refractivity contribution in [3.8, 4) is 0 Å². The molecule has 1 N–H and O–H groups in total. The van der Waals surface area contributed by atoms with Gasteiger partial charge in [-0.2, -0.15) is 0 Å². The van der Waals surface area contributed by atoms with Crippen LogP contribution in [-0.2, 0) is 0 Å². The summed E-state index contributed by atoms with van der Waals surface area (Å²) in [6, 6.07) is 0. The first-order chi connectivity index (χ1) is 7.16. The maximum Gasteiger partial charge on any atom is 0.0568 e. The molecule has 0 spiro atoms. The van der Waals surface area contributed by atoms with Crippen molar-refractivity contribution in [2.75, 3.05) is 0 Å². The van der Waals surface area contributed by atoms with E-state index in [2.05, 4.69) is 13.8 Å². The summed E-state index contributed by atoms with van der Waals surface area (Å²) in [5.74, 6) is 3.32. The fraction of sp³-hybridized carbons (Fsp3) is 1.00. The summed E-state index contributed by atoms with van der Waals surface area (Å²) in [5.41, 5.74) is 0. The van der Waals surface area contributed by atoms with Crippen LogP contribution in [0.3, 0.4) is 0 Å². The molecule has 0 aromatic carbocycles. The molecule has 0 bridgehead atoms. The first-order valence-corrected chi connectivity index (χ1v) is 6.85. The van der Waals surface area contributed by atoms with E-state index in [1.807, 2.05) is 0 Å². The zero-order valence-electron chi connectivity index (χ0n) is 10.3. The number of rotatable bonds is 4. The van der Waals surface area contributed by atoms with E-state index in [0.29, 0.717) is 5.92 Å². The molecule has 0 amide bonds. The minimum atomic E-state index is 0.0127. The van der Waals surface area contributed by atoms with Crippen molar-refractivity contribution in [2.24, 2.45) is 23.7 Å². The molecule has 0 aromatic rings. The van der Waals surface area contributed by atoms with E-state index in [0.717, 1.165) is 24.2 Å². The number of aliphatic hydroxyl groups excluding tert-OH is 1. The predicted octanol–water partition coefficient (Wildman–Crippen LogP) is 3.61. The van der Waals surface area contributed by atoms with Crippen LogP contribution in [0.1, 0.15) is 58.8 Å². The topological polar surface area (TPSA) is 20.2 Å². The van der Waals surface area contributed by atoms with E-state index >= 15 is 0 Å². The van der Waals surface area contributed by atoms with Crippen molar-refractivity contribution in [2.45, 2.75) is 64.9 Å². The van der Waals surface area contributed by atoms with Gasteiger partial charge in [-0.25, -0.2) is 0 Å². The normalized spacial score (nSPS) is 37.2.